The molecule has 1 amide bonds. The van der Waals surface area contributed by atoms with Crippen molar-refractivity contribution in [1.29, 1.82) is 0 Å². The summed E-state index contributed by atoms with van der Waals surface area (Å²) in [4.78, 5) is 24.5. The number of nitrogens with two attached hydrogens (primary N) is 1. The molecule has 126 valence electrons. The first-order valence-electron chi connectivity index (χ1n) is 7.97. The lowest BCUT2D eigenvalue weighted by molar-refractivity contribution is -0.145. The first kappa shape index (κ1) is 17.5. The van der Waals surface area contributed by atoms with Crippen LogP contribution < -0.4 is 11.1 Å². The summed E-state index contributed by atoms with van der Waals surface area (Å²) in [6.07, 6.45) is 1.12. The zero-order chi connectivity index (χ0) is 17.4. The van der Waals surface area contributed by atoms with Gasteiger partial charge in [0.2, 0.25) is 0 Å². The number of carbonyl (C=O) groups is 2. The Bertz CT molecular complexity index is 686. The van der Waals surface area contributed by atoms with Crippen LogP contribution in [-0.2, 0) is 16.0 Å². The summed E-state index contributed by atoms with van der Waals surface area (Å²) in [6.45, 7) is 2.01. The molecule has 3 N–H and O–H groups in total. The van der Waals surface area contributed by atoms with E-state index in [0.29, 0.717) is 24.1 Å². The Morgan fingerprint density at radius 3 is 2.42 bits per heavy atom. The number of amides is 1. The first-order valence-corrected chi connectivity index (χ1v) is 7.97. The van der Waals surface area contributed by atoms with Crippen molar-refractivity contribution in [2.45, 2.75) is 25.8 Å². The molecular weight excluding hydrogens is 304 g/mol. The Hall–Kier alpha value is -2.82. The second kappa shape index (κ2) is 8.72. The third-order valence-corrected chi connectivity index (χ3v) is 3.65. The van der Waals surface area contributed by atoms with E-state index in [4.69, 9.17) is 10.5 Å². The van der Waals surface area contributed by atoms with Crippen molar-refractivity contribution >= 4 is 17.6 Å². The number of nitrogens with one attached hydrogen (secondary N) is 1. The minimum absolute atomic E-state index is 0.268. The highest BCUT2D eigenvalue weighted by atomic mass is 16.5. The van der Waals surface area contributed by atoms with Gasteiger partial charge in [0.05, 0.1) is 12.2 Å². The molecule has 2 aromatic rings. The van der Waals surface area contributed by atoms with Crippen LogP contribution in [0.1, 0.15) is 29.3 Å². The van der Waals surface area contributed by atoms with Crippen LogP contribution in [0.3, 0.4) is 0 Å². The van der Waals surface area contributed by atoms with E-state index in [9.17, 15) is 9.59 Å². The molecule has 0 aliphatic heterocycles. The maximum Gasteiger partial charge on any atom is 0.328 e. The fourth-order valence-corrected chi connectivity index (χ4v) is 2.39. The highest BCUT2D eigenvalue weighted by Gasteiger charge is 2.23. The summed E-state index contributed by atoms with van der Waals surface area (Å²) in [5.74, 6) is -0.810. The standard InChI is InChI=1S/C19H22N2O3/c1-2-24-19(23)17(13-12-14-8-4-3-5-9-14)21-18(22)15-10-6-7-11-16(15)20/h3-11,17H,2,12-13,20H2,1H3,(H,21,22)/t17-/m1/s1. The van der Waals surface area contributed by atoms with Gasteiger partial charge in [-0.25, -0.2) is 4.79 Å². The predicted octanol–water partition coefficient (Wildman–Crippen LogP) is 2.56. The first-order chi connectivity index (χ1) is 11.6. The number of hydrogen-bond donors (Lipinski definition) is 2. The van der Waals surface area contributed by atoms with Gasteiger partial charge in [-0.1, -0.05) is 42.5 Å². The largest absolute Gasteiger partial charge is 0.464 e. The summed E-state index contributed by atoms with van der Waals surface area (Å²) in [6, 6.07) is 15.8. The fraction of sp³-hybridized carbons (Fsp3) is 0.263. The molecule has 1 atom stereocenters. The average Bonchev–Trinajstić information content (AvgIpc) is 2.60. The number of nitrogen functional groups attached to an aromatic ring is 1. The topological polar surface area (TPSA) is 81.4 Å². The number of aryl methyl sites for hydroxylation is 1. The maximum absolute atomic E-state index is 12.4. The molecule has 5 nitrogen and oxygen atoms in total. The number of benzene rings is 2. The van der Waals surface area contributed by atoms with Crippen molar-refractivity contribution in [3.8, 4) is 0 Å². The Kier molecular flexibility index (Phi) is 6.37. The highest BCUT2D eigenvalue weighted by molar-refractivity contribution is 6.00. The second-order valence-corrected chi connectivity index (χ2v) is 5.39. The lowest BCUT2D eigenvalue weighted by Crippen LogP contribution is -2.42. The molecule has 0 radical (unpaired) electrons. The highest BCUT2D eigenvalue weighted by Crippen LogP contribution is 2.12. The SMILES string of the molecule is CCOC(=O)[C@@H](CCc1ccccc1)NC(=O)c1ccccc1N. The van der Waals surface area contributed by atoms with Crippen LogP contribution in [0.5, 0.6) is 0 Å². The molecule has 0 fully saturated rings. The number of anilines is 1. The molecule has 0 aromatic heterocycles. The lowest BCUT2D eigenvalue weighted by atomic mass is 10.0. The molecule has 0 aliphatic carbocycles. The monoisotopic (exact) mass is 326 g/mol. The number of hydrogen-bond acceptors (Lipinski definition) is 4. The van der Waals surface area contributed by atoms with Crippen molar-refractivity contribution in [3.63, 3.8) is 0 Å². The average molecular weight is 326 g/mol. The molecule has 0 spiro atoms. The minimum Gasteiger partial charge on any atom is -0.464 e. The van der Waals surface area contributed by atoms with Crippen molar-refractivity contribution < 1.29 is 14.3 Å². The van der Waals surface area contributed by atoms with Crippen molar-refractivity contribution in [3.05, 3.63) is 65.7 Å². The quantitative estimate of drug-likeness (QED) is 0.605. The van der Waals surface area contributed by atoms with E-state index in [1.807, 2.05) is 30.3 Å². The molecular formula is C19H22N2O3. The van der Waals surface area contributed by atoms with Crippen LogP contribution >= 0.6 is 0 Å². The van der Waals surface area contributed by atoms with Crippen molar-refractivity contribution in [1.82, 2.24) is 5.32 Å². The Labute approximate surface area is 141 Å². The van der Waals surface area contributed by atoms with E-state index in [1.165, 1.54) is 0 Å². The van der Waals surface area contributed by atoms with Gasteiger partial charge in [-0.05, 0) is 37.5 Å². The molecule has 0 aliphatic rings. The minimum atomic E-state index is -0.711. The van der Waals surface area contributed by atoms with Gasteiger partial charge < -0.3 is 15.8 Å². The number of ether oxygens (including phenoxy) is 1. The molecule has 2 aromatic carbocycles. The van der Waals surface area contributed by atoms with Gasteiger partial charge in [-0.15, -0.1) is 0 Å². The fourth-order valence-electron chi connectivity index (χ4n) is 2.39. The van der Waals surface area contributed by atoms with Crippen LogP contribution in [0.4, 0.5) is 5.69 Å². The van der Waals surface area contributed by atoms with Gasteiger partial charge in [-0.3, -0.25) is 4.79 Å². The molecule has 5 heteroatoms. The van der Waals surface area contributed by atoms with Gasteiger partial charge >= 0.3 is 5.97 Å². The zero-order valence-electron chi connectivity index (χ0n) is 13.7. The van der Waals surface area contributed by atoms with E-state index < -0.39 is 12.0 Å². The van der Waals surface area contributed by atoms with Crippen LogP contribution in [0, 0.1) is 0 Å². The van der Waals surface area contributed by atoms with Gasteiger partial charge in [0.15, 0.2) is 0 Å². The van der Waals surface area contributed by atoms with Crippen molar-refractivity contribution in [2.24, 2.45) is 0 Å². The normalized spacial score (nSPS) is 11.5. The van der Waals surface area contributed by atoms with E-state index in [-0.39, 0.29) is 12.5 Å². The Morgan fingerprint density at radius 1 is 1.08 bits per heavy atom. The molecule has 0 saturated carbocycles. The molecule has 24 heavy (non-hydrogen) atoms. The van der Waals surface area contributed by atoms with Gasteiger partial charge in [0.25, 0.3) is 5.91 Å². The summed E-state index contributed by atoms with van der Waals surface area (Å²) in [5.41, 5.74) is 7.65. The van der Waals surface area contributed by atoms with Gasteiger partial charge in [0, 0.05) is 5.69 Å². The predicted molar refractivity (Wildman–Crippen MR) is 93.5 cm³/mol. The molecule has 0 bridgehead atoms. The molecule has 0 heterocycles. The van der Waals surface area contributed by atoms with Crippen LogP contribution in [0.15, 0.2) is 54.6 Å². The smallest absolute Gasteiger partial charge is 0.328 e. The van der Waals surface area contributed by atoms with E-state index in [0.717, 1.165) is 5.56 Å². The van der Waals surface area contributed by atoms with Crippen molar-refractivity contribution in [2.75, 3.05) is 12.3 Å². The molecule has 0 saturated heterocycles. The summed E-state index contributed by atoms with van der Waals surface area (Å²) in [7, 11) is 0. The molecule has 0 unspecified atom stereocenters. The summed E-state index contributed by atoms with van der Waals surface area (Å²) in [5, 5.41) is 2.74. The lowest BCUT2D eigenvalue weighted by Gasteiger charge is -2.18. The van der Waals surface area contributed by atoms with E-state index in [2.05, 4.69) is 5.32 Å². The van der Waals surface area contributed by atoms with E-state index in [1.54, 1.807) is 31.2 Å². The number of esters is 1. The second-order valence-electron chi connectivity index (χ2n) is 5.39. The number of rotatable bonds is 7. The summed E-state index contributed by atoms with van der Waals surface area (Å²) < 4.78 is 5.07. The summed E-state index contributed by atoms with van der Waals surface area (Å²) >= 11 is 0. The van der Waals surface area contributed by atoms with Crippen LogP contribution in [0.2, 0.25) is 0 Å². The zero-order valence-corrected chi connectivity index (χ0v) is 13.7. The molecule has 2 rings (SSSR count). The van der Waals surface area contributed by atoms with E-state index >= 15 is 0 Å². The number of para-hydroxylation sites is 1. The Morgan fingerprint density at radius 2 is 1.75 bits per heavy atom. The third kappa shape index (κ3) is 4.84. The van der Waals surface area contributed by atoms with Crippen LogP contribution in [0.25, 0.3) is 0 Å². The van der Waals surface area contributed by atoms with Crippen LogP contribution in [-0.4, -0.2) is 24.5 Å². The maximum atomic E-state index is 12.4. The Balaban J connectivity index is 2.07. The third-order valence-electron chi connectivity index (χ3n) is 3.65. The van der Waals surface area contributed by atoms with Gasteiger partial charge in [0.1, 0.15) is 6.04 Å². The van der Waals surface area contributed by atoms with Gasteiger partial charge in [-0.2, -0.15) is 0 Å². The number of carbonyl (C=O) groups excluding carboxylic acids is 2.